The third-order valence-corrected chi connectivity index (χ3v) is 4.42. The first-order valence-corrected chi connectivity index (χ1v) is 8.50. The lowest BCUT2D eigenvalue weighted by molar-refractivity contribution is -0.117. The first kappa shape index (κ1) is 18.2. The molecule has 0 aliphatic rings. The van der Waals surface area contributed by atoms with Crippen LogP contribution in [0.4, 0.5) is 0 Å². The normalized spacial score (nSPS) is 11.9. The third kappa shape index (κ3) is 4.04. The van der Waals surface area contributed by atoms with Gasteiger partial charge >= 0.3 is 0 Å². The minimum absolute atomic E-state index is 0.0285. The van der Waals surface area contributed by atoms with Gasteiger partial charge in [-0.05, 0) is 79.3 Å². The van der Waals surface area contributed by atoms with Gasteiger partial charge < -0.3 is 5.32 Å². The lowest BCUT2D eigenvalue weighted by Crippen LogP contribution is -2.25. The number of benzene rings is 1. The molecule has 1 aromatic carbocycles. The van der Waals surface area contributed by atoms with Gasteiger partial charge in [0.2, 0.25) is 5.91 Å². The minimum atomic E-state index is -0.0285. The number of carbonyl (C=O) groups is 1. The van der Waals surface area contributed by atoms with Crippen molar-refractivity contribution in [2.75, 3.05) is 6.54 Å². The van der Waals surface area contributed by atoms with E-state index in [0.717, 1.165) is 39.8 Å². The van der Waals surface area contributed by atoms with Crippen molar-refractivity contribution in [1.29, 1.82) is 0 Å². The summed E-state index contributed by atoms with van der Waals surface area (Å²) in [5.41, 5.74) is 5.88. The van der Waals surface area contributed by atoms with Gasteiger partial charge in [-0.15, -0.1) is 0 Å². The summed E-state index contributed by atoms with van der Waals surface area (Å²) in [4.78, 5) is 16.3. The summed E-state index contributed by atoms with van der Waals surface area (Å²) in [7, 11) is 0. The predicted octanol–water partition coefficient (Wildman–Crippen LogP) is 5.03. The van der Waals surface area contributed by atoms with Gasteiger partial charge in [0, 0.05) is 29.5 Å². The van der Waals surface area contributed by atoms with Gasteiger partial charge in [-0.25, -0.2) is 0 Å². The lowest BCUT2D eigenvalue weighted by Gasteiger charge is -2.15. The number of nitrogens with zero attached hydrogens (tertiary/aromatic N) is 1. The Morgan fingerprint density at radius 3 is 2.50 bits per heavy atom. The van der Waals surface area contributed by atoms with Gasteiger partial charge in [-0.3, -0.25) is 9.78 Å². The molecule has 2 aromatic rings. The van der Waals surface area contributed by atoms with E-state index in [1.807, 2.05) is 45.0 Å². The Bertz CT molecular complexity index is 767. The SMILES string of the molecule is CCCNC(=O)/C(C)=C(\C)c1cc(Cl)cc(-c2ccncc2)c1C. The molecule has 1 aromatic heterocycles. The van der Waals surface area contributed by atoms with Crippen molar-refractivity contribution < 1.29 is 4.79 Å². The molecule has 4 heteroatoms. The lowest BCUT2D eigenvalue weighted by atomic mass is 9.91. The Hall–Kier alpha value is -2.13. The minimum Gasteiger partial charge on any atom is -0.352 e. The van der Waals surface area contributed by atoms with E-state index < -0.39 is 0 Å². The number of carbonyl (C=O) groups excluding carboxylic acids is 1. The molecule has 1 N–H and O–H groups in total. The van der Waals surface area contributed by atoms with Crippen LogP contribution in [0.25, 0.3) is 16.7 Å². The smallest absolute Gasteiger partial charge is 0.247 e. The molecule has 2 rings (SSSR count). The van der Waals surface area contributed by atoms with Gasteiger partial charge in [-0.1, -0.05) is 18.5 Å². The first-order chi connectivity index (χ1) is 11.5. The van der Waals surface area contributed by atoms with Crippen LogP contribution in [-0.4, -0.2) is 17.4 Å². The van der Waals surface area contributed by atoms with E-state index in [2.05, 4.69) is 17.2 Å². The number of halogens is 1. The van der Waals surface area contributed by atoms with E-state index >= 15 is 0 Å². The second-order valence-electron chi connectivity index (χ2n) is 5.87. The van der Waals surface area contributed by atoms with Gasteiger partial charge in [0.1, 0.15) is 0 Å². The van der Waals surface area contributed by atoms with Crippen LogP contribution in [-0.2, 0) is 4.79 Å². The summed E-state index contributed by atoms with van der Waals surface area (Å²) in [6.07, 6.45) is 4.45. The molecular formula is C20H23ClN2O. The largest absolute Gasteiger partial charge is 0.352 e. The molecule has 126 valence electrons. The van der Waals surface area contributed by atoms with Crippen LogP contribution in [0, 0.1) is 6.92 Å². The molecule has 24 heavy (non-hydrogen) atoms. The Morgan fingerprint density at radius 1 is 1.21 bits per heavy atom. The molecule has 0 aliphatic carbocycles. The van der Waals surface area contributed by atoms with Gasteiger partial charge in [-0.2, -0.15) is 0 Å². The number of nitrogens with one attached hydrogen (secondary N) is 1. The average molecular weight is 343 g/mol. The fourth-order valence-corrected chi connectivity index (χ4v) is 2.86. The zero-order valence-corrected chi connectivity index (χ0v) is 15.4. The number of allylic oxidation sites excluding steroid dienone is 1. The summed E-state index contributed by atoms with van der Waals surface area (Å²) < 4.78 is 0. The maximum atomic E-state index is 12.3. The second kappa shape index (κ2) is 8.11. The molecule has 0 unspecified atom stereocenters. The van der Waals surface area contributed by atoms with Crippen molar-refractivity contribution in [3.8, 4) is 11.1 Å². The molecule has 0 saturated carbocycles. The molecular weight excluding hydrogens is 320 g/mol. The fraction of sp³-hybridized carbons (Fsp3) is 0.300. The standard InChI is InChI=1S/C20H23ClN2O/c1-5-8-23-20(24)14(3)13(2)18-11-17(21)12-19(15(18)4)16-6-9-22-10-7-16/h6-7,9-12H,5,8H2,1-4H3,(H,23,24)/b14-13+. The zero-order chi connectivity index (χ0) is 17.7. The zero-order valence-electron chi connectivity index (χ0n) is 14.6. The van der Waals surface area contributed by atoms with Gasteiger partial charge in [0.05, 0.1) is 0 Å². The van der Waals surface area contributed by atoms with Crippen LogP contribution in [0.15, 0.2) is 42.2 Å². The van der Waals surface area contributed by atoms with Crippen molar-refractivity contribution in [2.24, 2.45) is 0 Å². The van der Waals surface area contributed by atoms with E-state index in [0.29, 0.717) is 11.6 Å². The Balaban J connectivity index is 2.51. The first-order valence-electron chi connectivity index (χ1n) is 8.12. The molecule has 3 nitrogen and oxygen atoms in total. The number of pyridine rings is 1. The fourth-order valence-electron chi connectivity index (χ4n) is 2.64. The number of hydrogen-bond donors (Lipinski definition) is 1. The van der Waals surface area contributed by atoms with Crippen molar-refractivity contribution in [3.63, 3.8) is 0 Å². The van der Waals surface area contributed by atoms with Crippen LogP contribution in [0.5, 0.6) is 0 Å². The topological polar surface area (TPSA) is 42.0 Å². The average Bonchev–Trinajstić information content (AvgIpc) is 2.60. The predicted molar refractivity (Wildman–Crippen MR) is 101 cm³/mol. The van der Waals surface area contributed by atoms with E-state index in [9.17, 15) is 4.79 Å². The van der Waals surface area contributed by atoms with Crippen LogP contribution in [0.1, 0.15) is 38.3 Å². The Morgan fingerprint density at radius 2 is 1.88 bits per heavy atom. The number of hydrogen-bond acceptors (Lipinski definition) is 2. The number of aromatic nitrogens is 1. The van der Waals surface area contributed by atoms with E-state index in [1.165, 1.54) is 0 Å². The van der Waals surface area contributed by atoms with Gasteiger partial charge in [0.25, 0.3) is 0 Å². The summed E-state index contributed by atoms with van der Waals surface area (Å²) >= 11 is 6.35. The molecule has 0 bridgehead atoms. The van der Waals surface area contributed by atoms with Crippen LogP contribution >= 0.6 is 11.6 Å². The molecule has 0 fully saturated rings. The Kier molecular flexibility index (Phi) is 6.16. The number of rotatable bonds is 5. The van der Waals surface area contributed by atoms with Crippen LogP contribution in [0.2, 0.25) is 5.02 Å². The van der Waals surface area contributed by atoms with Gasteiger partial charge in [0.15, 0.2) is 0 Å². The maximum Gasteiger partial charge on any atom is 0.247 e. The molecule has 0 spiro atoms. The molecule has 1 amide bonds. The maximum absolute atomic E-state index is 12.3. The van der Waals surface area contributed by atoms with E-state index in [1.54, 1.807) is 12.4 Å². The highest BCUT2D eigenvalue weighted by Gasteiger charge is 2.14. The second-order valence-corrected chi connectivity index (χ2v) is 6.30. The molecule has 0 saturated heterocycles. The molecule has 0 atom stereocenters. The quantitative estimate of drug-likeness (QED) is 0.774. The van der Waals surface area contributed by atoms with Crippen LogP contribution < -0.4 is 5.32 Å². The van der Waals surface area contributed by atoms with E-state index in [-0.39, 0.29) is 5.91 Å². The monoisotopic (exact) mass is 342 g/mol. The summed E-state index contributed by atoms with van der Waals surface area (Å²) in [5.74, 6) is -0.0285. The Labute approximate surface area is 148 Å². The van der Waals surface area contributed by atoms with Crippen molar-refractivity contribution >= 4 is 23.1 Å². The van der Waals surface area contributed by atoms with Crippen LogP contribution in [0.3, 0.4) is 0 Å². The highest BCUT2D eigenvalue weighted by molar-refractivity contribution is 6.31. The highest BCUT2D eigenvalue weighted by atomic mass is 35.5. The summed E-state index contributed by atoms with van der Waals surface area (Å²) in [6.45, 7) is 8.60. The van der Waals surface area contributed by atoms with E-state index in [4.69, 9.17) is 11.6 Å². The number of amides is 1. The molecule has 0 radical (unpaired) electrons. The highest BCUT2D eigenvalue weighted by Crippen LogP contribution is 2.33. The summed E-state index contributed by atoms with van der Waals surface area (Å²) in [6, 6.07) is 7.80. The van der Waals surface area contributed by atoms with Crippen molar-refractivity contribution in [3.05, 3.63) is 58.4 Å². The molecule has 0 aliphatic heterocycles. The van der Waals surface area contributed by atoms with Crippen molar-refractivity contribution in [1.82, 2.24) is 10.3 Å². The summed E-state index contributed by atoms with van der Waals surface area (Å²) in [5, 5.41) is 3.58. The molecule has 1 heterocycles. The third-order valence-electron chi connectivity index (χ3n) is 4.21. The van der Waals surface area contributed by atoms with Crippen molar-refractivity contribution in [2.45, 2.75) is 34.1 Å².